The summed E-state index contributed by atoms with van der Waals surface area (Å²) in [7, 11) is 0. The molecule has 0 saturated heterocycles. The summed E-state index contributed by atoms with van der Waals surface area (Å²) in [5.74, 6) is -0.272. The average molecular weight is 222 g/mol. The molecule has 1 amide bonds. The molecule has 0 bridgehead atoms. The molecule has 1 heterocycles. The van der Waals surface area contributed by atoms with Gasteiger partial charge in [0.1, 0.15) is 11.4 Å². The number of pyridine rings is 1. The van der Waals surface area contributed by atoms with Crippen molar-refractivity contribution in [2.24, 2.45) is 5.73 Å². The van der Waals surface area contributed by atoms with Gasteiger partial charge in [0.2, 0.25) is 0 Å². The summed E-state index contributed by atoms with van der Waals surface area (Å²) < 4.78 is 5.33. The summed E-state index contributed by atoms with van der Waals surface area (Å²) in [5, 5.41) is 0. The van der Waals surface area contributed by atoms with Gasteiger partial charge in [-0.25, -0.2) is 4.98 Å². The van der Waals surface area contributed by atoms with E-state index in [2.05, 4.69) is 4.98 Å². The van der Waals surface area contributed by atoms with E-state index < -0.39 is 12.0 Å². The van der Waals surface area contributed by atoms with E-state index >= 15 is 0 Å². The Labute approximate surface area is 93.6 Å². The molecule has 5 heteroatoms. The van der Waals surface area contributed by atoms with Gasteiger partial charge in [-0.3, -0.25) is 9.59 Å². The lowest BCUT2D eigenvalue weighted by Gasteiger charge is -2.14. The van der Waals surface area contributed by atoms with Crippen molar-refractivity contribution in [3.05, 3.63) is 23.5 Å². The van der Waals surface area contributed by atoms with E-state index in [1.165, 1.54) is 0 Å². The summed E-state index contributed by atoms with van der Waals surface area (Å²) >= 11 is 0. The normalized spacial score (nSPS) is 11.9. The number of aldehydes is 1. The monoisotopic (exact) mass is 222 g/mol. The molecule has 0 fully saturated rings. The zero-order valence-electron chi connectivity index (χ0n) is 9.27. The van der Waals surface area contributed by atoms with Crippen LogP contribution in [-0.4, -0.2) is 23.3 Å². The molecule has 1 rings (SSSR count). The molecule has 0 aliphatic rings. The summed E-state index contributed by atoms with van der Waals surface area (Å²) in [6, 6.07) is 3.31. The number of amides is 1. The van der Waals surface area contributed by atoms with Crippen LogP contribution in [0.5, 0.6) is 5.75 Å². The number of carbonyl (C=O) groups is 2. The SMILES string of the molecule is CCC(Oc1ccc(C)nc1C=O)C(N)=O. The minimum atomic E-state index is -0.733. The van der Waals surface area contributed by atoms with Gasteiger partial charge < -0.3 is 10.5 Å². The third-order valence-corrected chi connectivity index (χ3v) is 2.09. The van der Waals surface area contributed by atoms with Crippen molar-refractivity contribution in [2.45, 2.75) is 26.4 Å². The Morgan fingerprint density at radius 1 is 1.62 bits per heavy atom. The van der Waals surface area contributed by atoms with E-state index in [1.807, 2.05) is 0 Å². The van der Waals surface area contributed by atoms with Crippen molar-refractivity contribution >= 4 is 12.2 Å². The van der Waals surface area contributed by atoms with E-state index in [-0.39, 0.29) is 11.4 Å². The lowest BCUT2D eigenvalue weighted by molar-refractivity contribution is -0.124. The number of ether oxygens (including phenoxy) is 1. The molecule has 1 aromatic rings. The number of rotatable bonds is 5. The second-order valence-electron chi connectivity index (χ2n) is 3.37. The zero-order valence-corrected chi connectivity index (χ0v) is 9.27. The standard InChI is InChI=1S/C11H14N2O3/c1-3-9(11(12)15)16-10-5-4-7(2)13-8(10)6-14/h4-6,9H,3H2,1-2H3,(H2,12,15). The third kappa shape index (κ3) is 2.79. The largest absolute Gasteiger partial charge is 0.478 e. The number of hydrogen-bond acceptors (Lipinski definition) is 4. The first-order valence-electron chi connectivity index (χ1n) is 4.97. The van der Waals surface area contributed by atoms with E-state index in [1.54, 1.807) is 26.0 Å². The van der Waals surface area contributed by atoms with Crippen molar-refractivity contribution in [1.29, 1.82) is 0 Å². The van der Waals surface area contributed by atoms with Crippen LogP contribution in [0.15, 0.2) is 12.1 Å². The van der Waals surface area contributed by atoms with Crippen LogP contribution in [0.3, 0.4) is 0 Å². The van der Waals surface area contributed by atoms with Crippen molar-refractivity contribution in [3.8, 4) is 5.75 Å². The molecule has 0 aliphatic heterocycles. The van der Waals surface area contributed by atoms with Crippen LogP contribution in [0, 0.1) is 6.92 Å². The third-order valence-electron chi connectivity index (χ3n) is 2.09. The van der Waals surface area contributed by atoms with Crippen molar-refractivity contribution in [3.63, 3.8) is 0 Å². The highest BCUT2D eigenvalue weighted by Crippen LogP contribution is 2.17. The highest BCUT2D eigenvalue weighted by Gasteiger charge is 2.16. The molecule has 0 aliphatic carbocycles. The van der Waals surface area contributed by atoms with Crippen molar-refractivity contribution in [2.75, 3.05) is 0 Å². The maximum Gasteiger partial charge on any atom is 0.258 e. The Balaban J connectivity index is 2.95. The Bertz CT molecular complexity index is 404. The molecule has 0 aromatic carbocycles. The first-order valence-corrected chi connectivity index (χ1v) is 4.97. The Hall–Kier alpha value is -1.91. The van der Waals surface area contributed by atoms with Gasteiger partial charge in [0.15, 0.2) is 12.4 Å². The summed E-state index contributed by atoms with van der Waals surface area (Å²) in [4.78, 5) is 25.7. The maximum absolute atomic E-state index is 11.0. The van der Waals surface area contributed by atoms with Gasteiger partial charge in [-0.15, -0.1) is 0 Å². The van der Waals surface area contributed by atoms with Crippen molar-refractivity contribution in [1.82, 2.24) is 4.98 Å². The van der Waals surface area contributed by atoms with Crippen LogP contribution in [0.2, 0.25) is 0 Å². The molecular formula is C11H14N2O3. The molecule has 2 N–H and O–H groups in total. The average Bonchev–Trinajstić information content (AvgIpc) is 2.26. The fourth-order valence-electron chi connectivity index (χ4n) is 1.24. The maximum atomic E-state index is 11.0. The van der Waals surface area contributed by atoms with Crippen LogP contribution < -0.4 is 10.5 Å². The van der Waals surface area contributed by atoms with Gasteiger partial charge in [0, 0.05) is 5.69 Å². The Kier molecular flexibility index (Phi) is 3.99. The summed E-state index contributed by atoms with van der Waals surface area (Å²) in [5.41, 5.74) is 6.03. The minimum Gasteiger partial charge on any atom is -0.478 e. The van der Waals surface area contributed by atoms with E-state index in [9.17, 15) is 9.59 Å². The first-order chi connectivity index (χ1) is 7.58. The number of nitrogens with two attached hydrogens (primary N) is 1. The van der Waals surface area contributed by atoms with Gasteiger partial charge in [0.25, 0.3) is 5.91 Å². The highest BCUT2D eigenvalue weighted by atomic mass is 16.5. The summed E-state index contributed by atoms with van der Waals surface area (Å²) in [6.07, 6.45) is 0.306. The van der Waals surface area contributed by atoms with Gasteiger partial charge in [-0.2, -0.15) is 0 Å². The first kappa shape index (κ1) is 12.2. The zero-order chi connectivity index (χ0) is 12.1. The predicted molar refractivity (Wildman–Crippen MR) is 58.3 cm³/mol. The number of nitrogens with zero attached hydrogens (tertiary/aromatic N) is 1. The molecule has 1 unspecified atom stereocenters. The van der Waals surface area contributed by atoms with Gasteiger partial charge in [-0.05, 0) is 25.5 Å². The highest BCUT2D eigenvalue weighted by molar-refractivity contribution is 5.80. The van der Waals surface area contributed by atoms with E-state index in [4.69, 9.17) is 10.5 Å². The molecular weight excluding hydrogens is 208 g/mol. The van der Waals surface area contributed by atoms with Crippen molar-refractivity contribution < 1.29 is 14.3 Å². The Morgan fingerprint density at radius 3 is 2.81 bits per heavy atom. The van der Waals surface area contributed by atoms with Crippen LogP contribution in [-0.2, 0) is 4.79 Å². The smallest absolute Gasteiger partial charge is 0.258 e. The lowest BCUT2D eigenvalue weighted by Crippen LogP contribution is -2.33. The van der Waals surface area contributed by atoms with Gasteiger partial charge in [0.05, 0.1) is 0 Å². The molecule has 5 nitrogen and oxygen atoms in total. The van der Waals surface area contributed by atoms with E-state index in [0.717, 1.165) is 0 Å². The summed E-state index contributed by atoms with van der Waals surface area (Å²) in [6.45, 7) is 3.54. The number of hydrogen-bond donors (Lipinski definition) is 1. The molecule has 0 saturated carbocycles. The number of primary amides is 1. The van der Waals surface area contributed by atoms with Crippen LogP contribution >= 0.6 is 0 Å². The molecule has 0 spiro atoms. The van der Waals surface area contributed by atoms with E-state index in [0.29, 0.717) is 18.4 Å². The number of carbonyl (C=O) groups excluding carboxylic acids is 2. The van der Waals surface area contributed by atoms with Crippen LogP contribution in [0.1, 0.15) is 29.5 Å². The second kappa shape index (κ2) is 5.25. The van der Waals surface area contributed by atoms with Gasteiger partial charge >= 0.3 is 0 Å². The molecule has 0 radical (unpaired) electrons. The fraction of sp³-hybridized carbons (Fsp3) is 0.364. The quantitative estimate of drug-likeness (QED) is 0.748. The van der Waals surface area contributed by atoms with Crippen LogP contribution in [0.4, 0.5) is 0 Å². The molecule has 1 aromatic heterocycles. The second-order valence-corrected chi connectivity index (χ2v) is 3.37. The van der Waals surface area contributed by atoms with Crippen LogP contribution in [0.25, 0.3) is 0 Å². The number of aromatic nitrogens is 1. The predicted octanol–water partition coefficient (Wildman–Crippen LogP) is 0.845. The molecule has 1 atom stereocenters. The topological polar surface area (TPSA) is 82.3 Å². The fourth-order valence-corrected chi connectivity index (χ4v) is 1.24. The van der Waals surface area contributed by atoms with Gasteiger partial charge in [-0.1, -0.05) is 6.92 Å². The molecule has 16 heavy (non-hydrogen) atoms. The molecule has 86 valence electrons. The Morgan fingerprint density at radius 2 is 2.31 bits per heavy atom. The minimum absolute atomic E-state index is 0.180. The number of aryl methyl sites for hydroxylation is 1. The lowest BCUT2D eigenvalue weighted by atomic mass is 10.2.